The predicted molar refractivity (Wildman–Crippen MR) is 138 cm³/mol. The molecular weight excluding hydrogens is 584 g/mol. The second-order valence-corrected chi connectivity index (χ2v) is 9.15. The highest BCUT2D eigenvalue weighted by atomic mass is 79.9. The number of aromatic nitrogens is 8. The van der Waals surface area contributed by atoms with Crippen molar-refractivity contribution in [3.05, 3.63) is 56.2 Å². The van der Waals surface area contributed by atoms with Crippen LogP contribution in [0.15, 0.2) is 34.0 Å². The summed E-state index contributed by atoms with van der Waals surface area (Å²) in [6.07, 6.45) is 7.32. The Kier molecular flexibility index (Phi) is 9.14. The molecule has 0 saturated carbocycles. The highest BCUT2D eigenvalue weighted by molar-refractivity contribution is 9.10. The summed E-state index contributed by atoms with van der Waals surface area (Å²) in [5, 5.41) is 27.3. The lowest BCUT2D eigenvalue weighted by Crippen LogP contribution is -2.02. The molecule has 4 aromatic rings. The molecule has 1 N–H and O–H groups in total. The number of halogens is 2. The Labute approximate surface area is 220 Å². The monoisotopic (exact) mass is 612 g/mol. The third kappa shape index (κ3) is 5.96. The predicted octanol–water partition coefficient (Wildman–Crippen LogP) is 3.49. The van der Waals surface area contributed by atoms with E-state index < -0.39 is 6.10 Å². The first-order valence-corrected chi connectivity index (χ1v) is 12.6. The zero-order chi connectivity index (χ0) is 25.7. The first kappa shape index (κ1) is 27.0. The van der Waals surface area contributed by atoms with Crippen LogP contribution in [0, 0.1) is 0 Å². The van der Waals surface area contributed by atoms with Gasteiger partial charge in [-0.25, -0.2) is 9.36 Å². The minimum Gasteiger partial charge on any atom is -0.481 e. The van der Waals surface area contributed by atoms with Gasteiger partial charge in [-0.2, -0.15) is 20.4 Å². The van der Waals surface area contributed by atoms with Gasteiger partial charge >= 0.3 is 0 Å². The number of ether oxygens (including phenoxy) is 2. The van der Waals surface area contributed by atoms with Crippen molar-refractivity contribution in [2.75, 3.05) is 14.2 Å². The lowest BCUT2D eigenvalue weighted by Gasteiger charge is -2.09. The van der Waals surface area contributed by atoms with Gasteiger partial charge < -0.3 is 14.6 Å². The van der Waals surface area contributed by atoms with Crippen molar-refractivity contribution >= 4 is 31.9 Å². The van der Waals surface area contributed by atoms with Gasteiger partial charge in [0, 0.05) is 51.6 Å². The molecule has 0 bridgehead atoms. The SMILES string of the molecule is CCn1cc(C(O)c2c(Br)nn(C)c2OC)cn1.CCn1cc(Cc2c(Br)nn(C)c2OC)cn1. The van der Waals surface area contributed by atoms with Crippen LogP contribution in [-0.2, 0) is 33.6 Å². The van der Waals surface area contributed by atoms with Gasteiger partial charge in [0.15, 0.2) is 0 Å². The van der Waals surface area contributed by atoms with Crippen molar-refractivity contribution in [2.24, 2.45) is 14.1 Å². The molecule has 4 aromatic heterocycles. The number of hydrogen-bond acceptors (Lipinski definition) is 7. The maximum Gasteiger partial charge on any atom is 0.218 e. The fourth-order valence-electron chi connectivity index (χ4n) is 3.63. The average Bonchev–Trinajstić information content (AvgIpc) is 3.60. The molecule has 0 radical (unpaired) electrons. The summed E-state index contributed by atoms with van der Waals surface area (Å²) in [7, 11) is 6.83. The molecule has 0 aliphatic rings. The summed E-state index contributed by atoms with van der Waals surface area (Å²) in [6, 6.07) is 0. The Morgan fingerprint density at radius 1 is 0.886 bits per heavy atom. The largest absolute Gasteiger partial charge is 0.481 e. The summed E-state index contributed by atoms with van der Waals surface area (Å²) in [5.74, 6) is 1.31. The molecule has 11 nitrogen and oxygen atoms in total. The molecule has 1 unspecified atom stereocenters. The fourth-order valence-corrected chi connectivity index (χ4v) is 4.80. The number of hydrogen-bond donors (Lipinski definition) is 1. The Hall–Kier alpha value is -2.64. The fraction of sp³-hybridized carbons (Fsp3) is 0.455. The molecule has 0 aliphatic carbocycles. The Morgan fingerprint density at radius 3 is 2.03 bits per heavy atom. The molecule has 0 fully saturated rings. The van der Waals surface area contributed by atoms with Crippen molar-refractivity contribution in [2.45, 2.75) is 39.5 Å². The van der Waals surface area contributed by atoms with E-state index >= 15 is 0 Å². The van der Waals surface area contributed by atoms with E-state index in [2.05, 4.69) is 59.2 Å². The first-order chi connectivity index (χ1) is 16.7. The van der Waals surface area contributed by atoms with Gasteiger partial charge in [0.1, 0.15) is 15.3 Å². The Morgan fingerprint density at radius 2 is 1.46 bits per heavy atom. The first-order valence-electron chi connectivity index (χ1n) is 11.0. The summed E-state index contributed by atoms with van der Waals surface area (Å²) in [6.45, 7) is 5.70. The number of aliphatic hydroxyl groups is 1. The van der Waals surface area contributed by atoms with Crippen LogP contribution < -0.4 is 9.47 Å². The van der Waals surface area contributed by atoms with Crippen LogP contribution in [0.1, 0.15) is 42.2 Å². The minimum absolute atomic E-state index is 0.527. The van der Waals surface area contributed by atoms with Crippen LogP contribution >= 0.6 is 31.9 Å². The highest BCUT2D eigenvalue weighted by Crippen LogP contribution is 2.35. The maximum absolute atomic E-state index is 10.4. The molecule has 0 aromatic carbocycles. The van der Waals surface area contributed by atoms with E-state index in [1.807, 2.05) is 37.2 Å². The molecule has 35 heavy (non-hydrogen) atoms. The van der Waals surface area contributed by atoms with Crippen LogP contribution in [0.5, 0.6) is 11.8 Å². The topological polar surface area (TPSA) is 110 Å². The van der Waals surface area contributed by atoms with Gasteiger partial charge in [0.25, 0.3) is 0 Å². The van der Waals surface area contributed by atoms with E-state index in [1.165, 1.54) is 0 Å². The summed E-state index contributed by atoms with van der Waals surface area (Å²) >= 11 is 6.78. The lowest BCUT2D eigenvalue weighted by atomic mass is 10.1. The van der Waals surface area contributed by atoms with Gasteiger partial charge in [-0.3, -0.25) is 9.36 Å². The van der Waals surface area contributed by atoms with Crippen LogP contribution in [-0.4, -0.2) is 58.4 Å². The van der Waals surface area contributed by atoms with Gasteiger partial charge in [0.2, 0.25) is 11.8 Å². The number of rotatable bonds is 8. The quantitative estimate of drug-likeness (QED) is 0.324. The molecule has 0 amide bonds. The van der Waals surface area contributed by atoms with E-state index in [9.17, 15) is 5.11 Å². The van der Waals surface area contributed by atoms with Crippen molar-refractivity contribution in [1.29, 1.82) is 0 Å². The molecule has 13 heteroatoms. The minimum atomic E-state index is -0.816. The molecule has 4 heterocycles. The van der Waals surface area contributed by atoms with Crippen molar-refractivity contribution < 1.29 is 14.6 Å². The third-order valence-electron chi connectivity index (χ3n) is 5.37. The number of nitrogens with zero attached hydrogens (tertiary/aromatic N) is 8. The van der Waals surface area contributed by atoms with E-state index in [0.29, 0.717) is 21.6 Å². The second kappa shape index (κ2) is 11.9. The zero-order valence-electron chi connectivity index (χ0n) is 20.6. The van der Waals surface area contributed by atoms with Gasteiger partial charge in [-0.15, -0.1) is 0 Å². The lowest BCUT2D eigenvalue weighted by molar-refractivity contribution is 0.212. The molecule has 1 atom stereocenters. The number of methoxy groups -OCH3 is 2. The van der Waals surface area contributed by atoms with E-state index in [4.69, 9.17) is 9.47 Å². The van der Waals surface area contributed by atoms with Crippen LogP contribution in [0.3, 0.4) is 0 Å². The van der Waals surface area contributed by atoms with E-state index in [1.54, 1.807) is 41.5 Å². The van der Waals surface area contributed by atoms with Gasteiger partial charge in [-0.1, -0.05) is 0 Å². The second-order valence-electron chi connectivity index (χ2n) is 7.65. The van der Waals surface area contributed by atoms with E-state index in [-0.39, 0.29) is 0 Å². The normalized spacial score (nSPS) is 11.8. The number of aliphatic hydroxyl groups excluding tert-OH is 1. The summed E-state index contributed by atoms with van der Waals surface area (Å²) in [4.78, 5) is 0. The van der Waals surface area contributed by atoms with E-state index in [0.717, 1.165) is 41.1 Å². The summed E-state index contributed by atoms with van der Waals surface area (Å²) in [5.41, 5.74) is 3.52. The smallest absolute Gasteiger partial charge is 0.218 e. The third-order valence-corrected chi connectivity index (χ3v) is 6.59. The van der Waals surface area contributed by atoms with Crippen molar-refractivity contribution in [1.82, 2.24) is 39.1 Å². The Bertz CT molecular complexity index is 1260. The van der Waals surface area contributed by atoms with Crippen molar-refractivity contribution in [3.63, 3.8) is 0 Å². The maximum atomic E-state index is 10.4. The molecule has 4 rings (SSSR count). The molecule has 190 valence electrons. The van der Waals surface area contributed by atoms with Gasteiger partial charge in [-0.05, 0) is 51.3 Å². The molecular formula is C22H30Br2N8O3. The highest BCUT2D eigenvalue weighted by Gasteiger charge is 2.25. The van der Waals surface area contributed by atoms with Crippen LogP contribution in [0.25, 0.3) is 0 Å². The zero-order valence-corrected chi connectivity index (χ0v) is 23.8. The van der Waals surface area contributed by atoms with Gasteiger partial charge in [0.05, 0.1) is 37.7 Å². The standard InChI is InChI=1S/C11H15BrN4O2.C11H15BrN4O/c1-4-16-6-7(5-13-16)9(17)8-10(12)14-15(2)11(8)18-3;1-4-16-7-8(6-13-16)5-9-10(12)14-15(2)11(9)17-3/h5-6,9,17H,4H2,1-3H3;6-7H,4-5H2,1-3H3. The summed E-state index contributed by atoms with van der Waals surface area (Å²) < 4.78 is 19.0. The molecule has 0 spiro atoms. The molecule has 0 saturated heterocycles. The van der Waals surface area contributed by atoms with Crippen molar-refractivity contribution in [3.8, 4) is 11.8 Å². The van der Waals surface area contributed by atoms with Crippen LogP contribution in [0.4, 0.5) is 0 Å². The van der Waals surface area contributed by atoms with Crippen LogP contribution in [0.2, 0.25) is 0 Å². The Balaban J connectivity index is 0.000000196. The number of aryl methyl sites for hydroxylation is 4. The molecule has 0 aliphatic heterocycles. The average molecular weight is 614 g/mol.